The highest BCUT2D eigenvalue weighted by Gasteiger charge is 2.38. The fraction of sp³-hybridized carbons (Fsp3) is 0.583. The van der Waals surface area contributed by atoms with E-state index in [4.69, 9.17) is 14.6 Å². The second kappa shape index (κ2) is 4.99. The molecule has 1 aromatic heterocycles. The maximum Gasteiger partial charge on any atom is 0.373 e. The summed E-state index contributed by atoms with van der Waals surface area (Å²) < 4.78 is 11.0. The standard InChI is InChI=1S/C12H16N2O4/c1-3-17-5-4-12(2)9-8(7-18-12)6-13-10(14-9)11(15)16/h6H,3-5,7H2,1-2H3,(H,15,16). The highest BCUT2D eigenvalue weighted by Crippen LogP contribution is 2.37. The Bertz CT molecular complexity index is 463. The summed E-state index contributed by atoms with van der Waals surface area (Å²) in [5.41, 5.74) is 0.922. The molecule has 6 nitrogen and oxygen atoms in total. The van der Waals surface area contributed by atoms with Crippen molar-refractivity contribution < 1.29 is 19.4 Å². The molecule has 1 aliphatic heterocycles. The molecule has 18 heavy (non-hydrogen) atoms. The Morgan fingerprint density at radius 3 is 3.11 bits per heavy atom. The lowest BCUT2D eigenvalue weighted by Crippen LogP contribution is -2.25. The van der Waals surface area contributed by atoms with Crippen LogP contribution in [-0.4, -0.2) is 34.3 Å². The largest absolute Gasteiger partial charge is 0.475 e. The summed E-state index contributed by atoms with van der Waals surface area (Å²) in [6.07, 6.45) is 2.17. The van der Waals surface area contributed by atoms with Crippen LogP contribution in [-0.2, 0) is 21.7 Å². The van der Waals surface area contributed by atoms with Gasteiger partial charge in [0.25, 0.3) is 0 Å². The molecule has 0 aliphatic carbocycles. The molecule has 1 unspecified atom stereocenters. The predicted octanol–water partition coefficient (Wildman–Crippen LogP) is 1.35. The first-order valence-corrected chi connectivity index (χ1v) is 5.88. The maximum atomic E-state index is 10.9. The molecule has 0 spiro atoms. The minimum atomic E-state index is -1.13. The number of hydrogen-bond donors (Lipinski definition) is 1. The van der Waals surface area contributed by atoms with E-state index < -0.39 is 11.6 Å². The molecule has 6 heteroatoms. The van der Waals surface area contributed by atoms with Gasteiger partial charge in [0.2, 0.25) is 5.82 Å². The highest BCUT2D eigenvalue weighted by molar-refractivity contribution is 5.83. The lowest BCUT2D eigenvalue weighted by molar-refractivity contribution is -0.0482. The normalized spacial score (nSPS) is 21.9. The van der Waals surface area contributed by atoms with Gasteiger partial charge in [-0.25, -0.2) is 14.8 Å². The maximum absolute atomic E-state index is 10.9. The SMILES string of the molecule is CCOCCC1(C)OCc2cnc(C(=O)O)nc21. The minimum Gasteiger partial charge on any atom is -0.475 e. The Morgan fingerprint density at radius 1 is 1.67 bits per heavy atom. The molecule has 2 rings (SSSR count). The average Bonchev–Trinajstić information content (AvgIpc) is 2.67. The van der Waals surface area contributed by atoms with E-state index in [2.05, 4.69) is 9.97 Å². The molecule has 1 N–H and O–H groups in total. The van der Waals surface area contributed by atoms with Crippen LogP contribution in [0.5, 0.6) is 0 Å². The Balaban J connectivity index is 2.24. The van der Waals surface area contributed by atoms with Gasteiger partial charge in [-0.15, -0.1) is 0 Å². The number of aromatic carboxylic acids is 1. The number of carbonyl (C=O) groups is 1. The van der Waals surface area contributed by atoms with E-state index in [0.717, 1.165) is 5.56 Å². The van der Waals surface area contributed by atoms with Crippen molar-refractivity contribution in [1.82, 2.24) is 9.97 Å². The third-order valence-electron chi connectivity index (χ3n) is 3.03. The van der Waals surface area contributed by atoms with Gasteiger partial charge in [-0.2, -0.15) is 0 Å². The second-order valence-corrected chi connectivity index (χ2v) is 4.34. The zero-order valence-corrected chi connectivity index (χ0v) is 10.5. The lowest BCUT2D eigenvalue weighted by Gasteiger charge is -2.23. The van der Waals surface area contributed by atoms with Crippen LogP contribution in [0.1, 0.15) is 42.1 Å². The molecule has 0 saturated carbocycles. The van der Waals surface area contributed by atoms with Crippen molar-refractivity contribution in [3.63, 3.8) is 0 Å². The summed E-state index contributed by atoms with van der Waals surface area (Å²) in [6, 6.07) is 0. The molecule has 1 aliphatic rings. The molecule has 98 valence electrons. The number of nitrogens with zero attached hydrogens (tertiary/aromatic N) is 2. The molecule has 0 saturated heterocycles. The van der Waals surface area contributed by atoms with E-state index in [9.17, 15) is 4.79 Å². The van der Waals surface area contributed by atoms with Gasteiger partial charge in [-0.3, -0.25) is 0 Å². The van der Waals surface area contributed by atoms with Gasteiger partial charge in [0.05, 0.1) is 12.3 Å². The van der Waals surface area contributed by atoms with Crippen LogP contribution in [0.2, 0.25) is 0 Å². The lowest BCUT2D eigenvalue weighted by atomic mass is 9.97. The Hall–Kier alpha value is -1.53. The van der Waals surface area contributed by atoms with Gasteiger partial charge in [0, 0.05) is 31.4 Å². The predicted molar refractivity (Wildman–Crippen MR) is 62.2 cm³/mol. The van der Waals surface area contributed by atoms with Crippen molar-refractivity contribution in [2.24, 2.45) is 0 Å². The zero-order valence-electron chi connectivity index (χ0n) is 10.5. The molecule has 2 heterocycles. The van der Waals surface area contributed by atoms with Crippen LogP contribution in [0.4, 0.5) is 0 Å². The van der Waals surface area contributed by atoms with Crippen LogP contribution in [0.3, 0.4) is 0 Å². The van der Waals surface area contributed by atoms with Crippen LogP contribution in [0.15, 0.2) is 6.20 Å². The van der Waals surface area contributed by atoms with Crippen LogP contribution in [0.25, 0.3) is 0 Å². The number of aromatic nitrogens is 2. The number of carboxylic acid groups (broad SMARTS) is 1. The van der Waals surface area contributed by atoms with Crippen molar-refractivity contribution >= 4 is 5.97 Å². The van der Waals surface area contributed by atoms with Crippen LogP contribution in [0, 0.1) is 0 Å². The van der Waals surface area contributed by atoms with Gasteiger partial charge in [-0.05, 0) is 13.8 Å². The molecule has 1 aromatic rings. The molecule has 0 radical (unpaired) electrons. The summed E-state index contributed by atoms with van der Waals surface area (Å²) in [5.74, 6) is -1.32. The average molecular weight is 252 g/mol. The third-order valence-corrected chi connectivity index (χ3v) is 3.03. The fourth-order valence-corrected chi connectivity index (χ4v) is 1.98. The van der Waals surface area contributed by atoms with E-state index >= 15 is 0 Å². The Kier molecular flexibility index (Phi) is 3.58. The van der Waals surface area contributed by atoms with E-state index in [1.165, 1.54) is 6.20 Å². The van der Waals surface area contributed by atoms with Gasteiger partial charge in [0.15, 0.2) is 0 Å². The fourth-order valence-electron chi connectivity index (χ4n) is 1.98. The van der Waals surface area contributed by atoms with E-state index in [1.807, 2.05) is 13.8 Å². The zero-order chi connectivity index (χ0) is 13.2. The summed E-state index contributed by atoms with van der Waals surface area (Å²) in [5, 5.41) is 8.91. The molecule has 0 fully saturated rings. The molecule has 0 amide bonds. The van der Waals surface area contributed by atoms with Crippen molar-refractivity contribution in [2.75, 3.05) is 13.2 Å². The smallest absolute Gasteiger partial charge is 0.373 e. The number of fused-ring (bicyclic) bond motifs is 1. The van der Waals surface area contributed by atoms with Gasteiger partial charge in [0.1, 0.15) is 5.60 Å². The van der Waals surface area contributed by atoms with Crippen molar-refractivity contribution in [3.05, 3.63) is 23.3 Å². The summed E-state index contributed by atoms with van der Waals surface area (Å²) >= 11 is 0. The monoisotopic (exact) mass is 252 g/mol. The van der Waals surface area contributed by atoms with Crippen molar-refractivity contribution in [3.8, 4) is 0 Å². The first kappa shape index (κ1) is 12.9. The first-order valence-electron chi connectivity index (χ1n) is 5.88. The van der Waals surface area contributed by atoms with Crippen molar-refractivity contribution in [1.29, 1.82) is 0 Å². The van der Waals surface area contributed by atoms with Crippen molar-refractivity contribution in [2.45, 2.75) is 32.5 Å². The van der Waals surface area contributed by atoms with E-state index in [0.29, 0.717) is 31.9 Å². The van der Waals surface area contributed by atoms with Gasteiger partial charge < -0.3 is 14.6 Å². The Labute approximate surface area is 105 Å². The molecule has 0 bridgehead atoms. The number of ether oxygens (including phenoxy) is 2. The summed E-state index contributed by atoms with van der Waals surface area (Å²) in [6.45, 7) is 5.44. The van der Waals surface area contributed by atoms with Crippen LogP contribution >= 0.6 is 0 Å². The Morgan fingerprint density at radius 2 is 2.44 bits per heavy atom. The molecular weight excluding hydrogens is 236 g/mol. The molecular formula is C12H16N2O4. The number of hydrogen-bond acceptors (Lipinski definition) is 5. The van der Waals surface area contributed by atoms with Gasteiger partial charge in [-0.1, -0.05) is 0 Å². The quantitative estimate of drug-likeness (QED) is 0.796. The third kappa shape index (κ3) is 2.34. The topological polar surface area (TPSA) is 81.5 Å². The van der Waals surface area contributed by atoms with E-state index in [-0.39, 0.29) is 5.82 Å². The second-order valence-electron chi connectivity index (χ2n) is 4.34. The highest BCUT2D eigenvalue weighted by atomic mass is 16.5. The summed E-state index contributed by atoms with van der Waals surface area (Å²) in [4.78, 5) is 18.8. The molecule has 0 aromatic carbocycles. The van der Waals surface area contributed by atoms with Crippen LogP contribution < -0.4 is 0 Å². The number of rotatable bonds is 5. The minimum absolute atomic E-state index is 0.193. The summed E-state index contributed by atoms with van der Waals surface area (Å²) in [7, 11) is 0. The van der Waals surface area contributed by atoms with Gasteiger partial charge >= 0.3 is 5.97 Å². The van der Waals surface area contributed by atoms with E-state index in [1.54, 1.807) is 0 Å². The first-order chi connectivity index (χ1) is 8.57. The number of carboxylic acids is 1. The molecule has 1 atom stereocenters.